The van der Waals surface area contributed by atoms with Gasteiger partial charge in [0.1, 0.15) is 5.69 Å². The monoisotopic (exact) mass is 286 g/mol. The highest BCUT2D eigenvalue weighted by Gasteiger charge is 2.19. The van der Waals surface area contributed by atoms with Crippen molar-refractivity contribution in [2.45, 2.75) is 25.8 Å². The largest absolute Gasteiger partial charge is 0.477 e. The van der Waals surface area contributed by atoms with Gasteiger partial charge in [0.2, 0.25) is 0 Å². The molecule has 0 saturated carbocycles. The molecule has 0 amide bonds. The summed E-state index contributed by atoms with van der Waals surface area (Å²) >= 11 is 0. The predicted molar refractivity (Wildman–Crippen MR) is 83.7 cm³/mol. The molecule has 1 aromatic carbocycles. The first-order valence-electron chi connectivity index (χ1n) is 7.65. The first kappa shape index (κ1) is 14.1. The molecule has 1 N–H and O–H groups in total. The van der Waals surface area contributed by atoms with Crippen LogP contribution in [0.1, 0.15) is 29.8 Å². The fourth-order valence-electron chi connectivity index (χ4n) is 3.29. The number of aromatic carboxylic acids is 1. The van der Waals surface area contributed by atoms with E-state index in [1.54, 1.807) is 6.07 Å². The Hall–Kier alpha value is -1.81. The summed E-state index contributed by atoms with van der Waals surface area (Å²) < 4.78 is 1.97. The number of fused-ring (bicyclic) bond motifs is 1. The molecule has 4 heteroatoms. The highest BCUT2D eigenvalue weighted by molar-refractivity contribution is 5.94. The summed E-state index contributed by atoms with van der Waals surface area (Å²) in [5.41, 5.74) is 1.44. The molecule has 0 atom stereocenters. The Bertz CT molecular complexity index is 639. The van der Waals surface area contributed by atoms with Crippen molar-refractivity contribution in [2.75, 3.05) is 20.1 Å². The number of benzene rings is 1. The third-order valence-electron chi connectivity index (χ3n) is 4.63. The standard InChI is InChI=1S/C17H22N2O2/c1-18-9-6-13(7-10-18)8-11-19-15-5-3-2-4-14(15)12-16(19)17(20)21/h2-5,12-13H,6-11H2,1H3,(H,20,21). The van der Waals surface area contributed by atoms with Crippen molar-refractivity contribution < 1.29 is 9.90 Å². The molecule has 2 heterocycles. The molecule has 0 radical (unpaired) electrons. The van der Waals surface area contributed by atoms with E-state index < -0.39 is 5.97 Å². The summed E-state index contributed by atoms with van der Waals surface area (Å²) in [6.07, 6.45) is 3.50. The van der Waals surface area contributed by atoms with Gasteiger partial charge in [0.05, 0.1) is 0 Å². The molecule has 0 spiro atoms. The van der Waals surface area contributed by atoms with Crippen molar-refractivity contribution in [3.05, 3.63) is 36.0 Å². The first-order valence-corrected chi connectivity index (χ1v) is 7.65. The van der Waals surface area contributed by atoms with Crippen molar-refractivity contribution in [2.24, 2.45) is 5.92 Å². The van der Waals surface area contributed by atoms with Crippen LogP contribution in [0.2, 0.25) is 0 Å². The second-order valence-corrected chi connectivity index (χ2v) is 6.08. The topological polar surface area (TPSA) is 45.5 Å². The van der Waals surface area contributed by atoms with E-state index in [0.29, 0.717) is 11.6 Å². The van der Waals surface area contributed by atoms with E-state index in [1.165, 1.54) is 12.8 Å². The summed E-state index contributed by atoms with van der Waals surface area (Å²) in [6, 6.07) is 9.70. The number of aryl methyl sites for hydroxylation is 1. The number of rotatable bonds is 4. The minimum atomic E-state index is -0.838. The highest BCUT2D eigenvalue weighted by atomic mass is 16.4. The van der Waals surface area contributed by atoms with Crippen molar-refractivity contribution >= 4 is 16.9 Å². The van der Waals surface area contributed by atoms with Crippen molar-refractivity contribution in [1.29, 1.82) is 0 Å². The third kappa shape index (κ3) is 2.95. The molecule has 1 fully saturated rings. The number of nitrogens with zero attached hydrogens (tertiary/aromatic N) is 2. The average molecular weight is 286 g/mol. The Labute approximate surface area is 125 Å². The van der Waals surface area contributed by atoms with Crippen LogP contribution >= 0.6 is 0 Å². The van der Waals surface area contributed by atoms with Crippen LogP contribution < -0.4 is 0 Å². The van der Waals surface area contributed by atoms with E-state index in [0.717, 1.165) is 37.0 Å². The van der Waals surface area contributed by atoms with Gasteiger partial charge >= 0.3 is 5.97 Å². The van der Waals surface area contributed by atoms with Crippen LogP contribution in [-0.2, 0) is 6.54 Å². The zero-order valence-electron chi connectivity index (χ0n) is 12.5. The molecular weight excluding hydrogens is 264 g/mol. The number of carboxylic acids is 1. The maximum Gasteiger partial charge on any atom is 0.352 e. The second kappa shape index (κ2) is 5.90. The lowest BCUT2D eigenvalue weighted by atomic mass is 9.94. The maximum absolute atomic E-state index is 11.5. The van der Waals surface area contributed by atoms with Crippen LogP contribution in [-0.4, -0.2) is 40.7 Å². The number of piperidine rings is 1. The van der Waals surface area contributed by atoms with Crippen LogP contribution in [0.25, 0.3) is 10.9 Å². The number of para-hydroxylation sites is 1. The van der Waals surface area contributed by atoms with Gasteiger partial charge in [-0.3, -0.25) is 0 Å². The smallest absolute Gasteiger partial charge is 0.352 e. The van der Waals surface area contributed by atoms with Gasteiger partial charge in [0, 0.05) is 17.4 Å². The number of carbonyl (C=O) groups is 1. The predicted octanol–water partition coefficient (Wildman–Crippen LogP) is 3.07. The van der Waals surface area contributed by atoms with E-state index in [9.17, 15) is 9.90 Å². The number of hydrogen-bond acceptors (Lipinski definition) is 2. The van der Waals surface area contributed by atoms with Crippen LogP contribution in [0.4, 0.5) is 0 Å². The highest BCUT2D eigenvalue weighted by Crippen LogP contribution is 2.24. The molecule has 4 nitrogen and oxygen atoms in total. The summed E-state index contributed by atoms with van der Waals surface area (Å²) in [6.45, 7) is 3.11. The molecule has 1 aliphatic rings. The molecule has 2 aromatic rings. The molecule has 0 aliphatic carbocycles. The molecule has 1 aliphatic heterocycles. The Morgan fingerprint density at radius 1 is 1.29 bits per heavy atom. The lowest BCUT2D eigenvalue weighted by Gasteiger charge is -2.29. The SMILES string of the molecule is CN1CCC(CCn2c(C(=O)O)cc3ccccc32)CC1. The van der Waals surface area contributed by atoms with E-state index >= 15 is 0 Å². The van der Waals surface area contributed by atoms with E-state index in [-0.39, 0.29) is 0 Å². The third-order valence-corrected chi connectivity index (χ3v) is 4.63. The van der Waals surface area contributed by atoms with Gasteiger partial charge < -0.3 is 14.6 Å². The minimum absolute atomic E-state index is 0.407. The maximum atomic E-state index is 11.5. The normalized spacial score (nSPS) is 17.4. The molecule has 3 rings (SSSR count). The molecule has 1 aromatic heterocycles. The number of likely N-dealkylation sites (tertiary alicyclic amines) is 1. The molecule has 1 saturated heterocycles. The van der Waals surface area contributed by atoms with Crippen molar-refractivity contribution in [1.82, 2.24) is 9.47 Å². The molecular formula is C17H22N2O2. The molecule has 112 valence electrons. The fourth-order valence-corrected chi connectivity index (χ4v) is 3.29. The zero-order chi connectivity index (χ0) is 14.8. The van der Waals surface area contributed by atoms with Gasteiger partial charge in [0.15, 0.2) is 0 Å². The Balaban J connectivity index is 1.79. The number of hydrogen-bond donors (Lipinski definition) is 1. The van der Waals surface area contributed by atoms with E-state index in [4.69, 9.17) is 0 Å². The van der Waals surface area contributed by atoms with Crippen LogP contribution in [0.15, 0.2) is 30.3 Å². The molecule has 21 heavy (non-hydrogen) atoms. The fraction of sp³-hybridized carbons (Fsp3) is 0.471. The van der Waals surface area contributed by atoms with Crippen molar-refractivity contribution in [3.63, 3.8) is 0 Å². The van der Waals surface area contributed by atoms with Crippen LogP contribution in [0.3, 0.4) is 0 Å². The number of aromatic nitrogens is 1. The molecule has 0 bridgehead atoms. The Morgan fingerprint density at radius 2 is 2.00 bits per heavy atom. The minimum Gasteiger partial charge on any atom is -0.477 e. The van der Waals surface area contributed by atoms with Gasteiger partial charge in [-0.15, -0.1) is 0 Å². The van der Waals surface area contributed by atoms with Gasteiger partial charge in [-0.1, -0.05) is 18.2 Å². The summed E-state index contributed by atoms with van der Waals surface area (Å²) in [5.74, 6) is -0.126. The Morgan fingerprint density at radius 3 is 2.71 bits per heavy atom. The second-order valence-electron chi connectivity index (χ2n) is 6.08. The quantitative estimate of drug-likeness (QED) is 0.939. The van der Waals surface area contributed by atoms with Crippen LogP contribution in [0, 0.1) is 5.92 Å². The summed E-state index contributed by atoms with van der Waals surface area (Å²) in [7, 11) is 2.16. The van der Waals surface area contributed by atoms with Crippen LogP contribution in [0.5, 0.6) is 0 Å². The molecule has 0 unspecified atom stereocenters. The first-order chi connectivity index (χ1) is 10.1. The Kier molecular flexibility index (Phi) is 3.97. The lowest BCUT2D eigenvalue weighted by molar-refractivity contribution is 0.0685. The summed E-state index contributed by atoms with van der Waals surface area (Å²) in [4.78, 5) is 13.8. The zero-order valence-corrected chi connectivity index (χ0v) is 12.5. The summed E-state index contributed by atoms with van der Waals surface area (Å²) in [5, 5.41) is 10.4. The van der Waals surface area contributed by atoms with Gasteiger partial charge in [-0.25, -0.2) is 4.79 Å². The van der Waals surface area contributed by atoms with Gasteiger partial charge in [-0.05, 0) is 57.5 Å². The van der Waals surface area contributed by atoms with Gasteiger partial charge in [-0.2, -0.15) is 0 Å². The van der Waals surface area contributed by atoms with E-state index in [2.05, 4.69) is 11.9 Å². The lowest BCUT2D eigenvalue weighted by Crippen LogP contribution is -2.30. The van der Waals surface area contributed by atoms with Crippen molar-refractivity contribution in [3.8, 4) is 0 Å². The van der Waals surface area contributed by atoms with Gasteiger partial charge in [0.25, 0.3) is 0 Å². The van der Waals surface area contributed by atoms with E-state index in [1.807, 2.05) is 28.8 Å². The average Bonchev–Trinajstić information content (AvgIpc) is 2.86. The number of carboxylic acid groups (broad SMARTS) is 1.